The van der Waals surface area contributed by atoms with Crippen molar-refractivity contribution in [3.8, 4) is 0 Å². The first-order valence-corrected chi connectivity index (χ1v) is 6.55. The van der Waals surface area contributed by atoms with Crippen LogP contribution < -0.4 is 5.73 Å². The van der Waals surface area contributed by atoms with Gasteiger partial charge in [-0.1, -0.05) is 23.7 Å². The van der Waals surface area contributed by atoms with Crippen molar-refractivity contribution in [2.75, 3.05) is 5.73 Å². The zero-order valence-electron chi connectivity index (χ0n) is 9.29. The topological polar surface area (TPSA) is 26.0 Å². The Labute approximate surface area is 113 Å². The summed E-state index contributed by atoms with van der Waals surface area (Å²) in [6, 6.07) is 8.86. The molecule has 2 rings (SSSR count). The second kappa shape index (κ2) is 5.59. The van der Waals surface area contributed by atoms with Crippen molar-refractivity contribution in [1.29, 1.82) is 0 Å². The molecule has 0 aliphatic heterocycles. The summed E-state index contributed by atoms with van der Waals surface area (Å²) in [5.74, 6) is -0.339. The molecular formula is C13H10ClF2NS. The average Bonchev–Trinajstić information content (AvgIpc) is 2.33. The molecule has 2 N–H and O–H groups in total. The van der Waals surface area contributed by atoms with Crippen molar-refractivity contribution in [3.05, 3.63) is 58.6 Å². The molecule has 0 saturated carbocycles. The van der Waals surface area contributed by atoms with Gasteiger partial charge in [-0.25, -0.2) is 8.78 Å². The van der Waals surface area contributed by atoms with E-state index in [2.05, 4.69) is 0 Å². The second-order valence-corrected chi connectivity index (χ2v) is 5.08. The van der Waals surface area contributed by atoms with Crippen LogP contribution in [-0.2, 0) is 5.75 Å². The van der Waals surface area contributed by atoms with Crippen molar-refractivity contribution < 1.29 is 8.78 Å². The number of nitrogen functional groups attached to an aromatic ring is 1. The molecule has 0 aliphatic carbocycles. The van der Waals surface area contributed by atoms with Gasteiger partial charge in [0, 0.05) is 16.3 Å². The maximum Gasteiger partial charge on any atom is 0.142 e. The lowest BCUT2D eigenvalue weighted by molar-refractivity contribution is 0.627. The van der Waals surface area contributed by atoms with Crippen molar-refractivity contribution in [2.45, 2.75) is 10.6 Å². The van der Waals surface area contributed by atoms with E-state index < -0.39 is 5.82 Å². The summed E-state index contributed by atoms with van der Waals surface area (Å²) in [5, 5.41) is 0.116. The van der Waals surface area contributed by atoms with Crippen molar-refractivity contribution in [1.82, 2.24) is 0 Å². The summed E-state index contributed by atoms with van der Waals surface area (Å²) in [6.45, 7) is 0. The molecule has 2 aromatic carbocycles. The molecule has 0 aliphatic rings. The number of anilines is 1. The number of hydrogen-bond acceptors (Lipinski definition) is 2. The molecule has 2 aromatic rings. The molecule has 0 heterocycles. The van der Waals surface area contributed by atoms with Gasteiger partial charge in [-0.05, 0) is 29.8 Å². The van der Waals surface area contributed by atoms with Crippen LogP contribution in [0.3, 0.4) is 0 Å². The van der Waals surface area contributed by atoms with E-state index in [0.29, 0.717) is 17.0 Å². The largest absolute Gasteiger partial charge is 0.398 e. The predicted molar refractivity (Wildman–Crippen MR) is 71.8 cm³/mol. The maximum absolute atomic E-state index is 13.2. The van der Waals surface area contributed by atoms with Gasteiger partial charge in [0.1, 0.15) is 11.6 Å². The lowest BCUT2D eigenvalue weighted by Crippen LogP contribution is -1.91. The van der Waals surface area contributed by atoms with E-state index in [1.165, 1.54) is 30.0 Å². The van der Waals surface area contributed by atoms with E-state index in [-0.39, 0.29) is 10.8 Å². The highest BCUT2D eigenvalue weighted by atomic mass is 35.5. The molecule has 0 atom stereocenters. The van der Waals surface area contributed by atoms with Crippen LogP contribution in [0.15, 0.2) is 41.3 Å². The van der Waals surface area contributed by atoms with Crippen molar-refractivity contribution in [2.24, 2.45) is 0 Å². The van der Waals surface area contributed by atoms with E-state index >= 15 is 0 Å². The first-order valence-electron chi connectivity index (χ1n) is 5.18. The molecule has 0 aromatic heterocycles. The van der Waals surface area contributed by atoms with Gasteiger partial charge in [0.05, 0.1) is 5.02 Å². The molecule has 0 saturated heterocycles. The van der Waals surface area contributed by atoms with Crippen LogP contribution in [0.5, 0.6) is 0 Å². The molecule has 0 radical (unpaired) electrons. The number of halogens is 3. The van der Waals surface area contributed by atoms with E-state index in [1.807, 2.05) is 0 Å². The predicted octanol–water partition coefficient (Wildman–Crippen LogP) is 4.49. The number of benzene rings is 2. The molecule has 0 fully saturated rings. The number of rotatable bonds is 3. The lowest BCUT2D eigenvalue weighted by atomic mass is 10.2. The summed E-state index contributed by atoms with van der Waals surface area (Å²) in [4.78, 5) is 0.747. The van der Waals surface area contributed by atoms with E-state index in [1.54, 1.807) is 18.2 Å². The van der Waals surface area contributed by atoms with Crippen molar-refractivity contribution in [3.63, 3.8) is 0 Å². The summed E-state index contributed by atoms with van der Waals surface area (Å²) in [5.41, 5.74) is 6.74. The first-order chi connectivity index (χ1) is 8.58. The molecule has 18 heavy (non-hydrogen) atoms. The molecule has 0 amide bonds. The fraction of sp³-hybridized carbons (Fsp3) is 0.0769. The maximum atomic E-state index is 13.2. The SMILES string of the molecule is Nc1cc(F)ccc1SCc1cccc(F)c1Cl. The monoisotopic (exact) mass is 285 g/mol. The second-order valence-electron chi connectivity index (χ2n) is 3.68. The van der Waals surface area contributed by atoms with Gasteiger partial charge in [0.15, 0.2) is 0 Å². The van der Waals surface area contributed by atoms with Crippen LogP contribution >= 0.6 is 23.4 Å². The molecule has 5 heteroatoms. The summed E-state index contributed by atoms with van der Waals surface area (Å²) < 4.78 is 26.1. The van der Waals surface area contributed by atoms with Crippen LogP contribution in [-0.4, -0.2) is 0 Å². The molecular weight excluding hydrogens is 276 g/mol. The average molecular weight is 286 g/mol. The first kappa shape index (κ1) is 13.2. The minimum absolute atomic E-state index is 0.116. The van der Waals surface area contributed by atoms with Crippen LogP contribution in [0, 0.1) is 11.6 Å². The number of hydrogen-bond donors (Lipinski definition) is 1. The fourth-order valence-electron chi connectivity index (χ4n) is 1.47. The lowest BCUT2D eigenvalue weighted by Gasteiger charge is -2.07. The molecule has 1 nitrogen and oxygen atoms in total. The van der Waals surface area contributed by atoms with Gasteiger partial charge in [-0.3, -0.25) is 0 Å². The molecule has 0 bridgehead atoms. The van der Waals surface area contributed by atoms with Crippen LogP contribution in [0.25, 0.3) is 0 Å². The Morgan fingerprint density at radius 1 is 1.17 bits per heavy atom. The van der Waals surface area contributed by atoms with Crippen molar-refractivity contribution >= 4 is 29.1 Å². The van der Waals surface area contributed by atoms with Gasteiger partial charge in [0.25, 0.3) is 0 Å². The normalized spacial score (nSPS) is 10.6. The minimum Gasteiger partial charge on any atom is -0.398 e. The van der Waals surface area contributed by atoms with Gasteiger partial charge in [-0.15, -0.1) is 11.8 Å². The van der Waals surface area contributed by atoms with E-state index in [9.17, 15) is 8.78 Å². The Bertz CT molecular complexity index is 575. The standard InChI is InChI=1S/C13H10ClF2NS/c14-13-8(2-1-3-10(13)16)7-18-12-5-4-9(15)6-11(12)17/h1-6H,7,17H2. The summed E-state index contributed by atoms with van der Waals surface area (Å²) in [7, 11) is 0. The van der Waals surface area contributed by atoms with Gasteiger partial charge in [0.2, 0.25) is 0 Å². The highest BCUT2D eigenvalue weighted by Crippen LogP contribution is 2.31. The van der Waals surface area contributed by atoms with Gasteiger partial charge >= 0.3 is 0 Å². The molecule has 0 spiro atoms. The smallest absolute Gasteiger partial charge is 0.142 e. The molecule has 94 valence electrons. The summed E-state index contributed by atoms with van der Waals surface area (Å²) in [6.07, 6.45) is 0. The Balaban J connectivity index is 2.14. The third kappa shape index (κ3) is 2.94. The highest BCUT2D eigenvalue weighted by Gasteiger charge is 2.07. The van der Waals surface area contributed by atoms with E-state index in [0.717, 1.165) is 4.90 Å². The Kier molecular flexibility index (Phi) is 4.09. The Morgan fingerprint density at radius 2 is 1.94 bits per heavy atom. The third-order valence-corrected chi connectivity index (χ3v) is 3.95. The minimum atomic E-state index is -0.443. The zero-order valence-corrected chi connectivity index (χ0v) is 10.9. The molecule has 0 unspecified atom stereocenters. The summed E-state index contributed by atoms with van der Waals surface area (Å²) >= 11 is 7.23. The van der Waals surface area contributed by atoms with Crippen LogP contribution in [0.4, 0.5) is 14.5 Å². The third-order valence-electron chi connectivity index (χ3n) is 2.39. The van der Waals surface area contributed by atoms with Crippen LogP contribution in [0.1, 0.15) is 5.56 Å². The Hall–Kier alpha value is -1.26. The fourth-order valence-corrected chi connectivity index (χ4v) is 2.68. The van der Waals surface area contributed by atoms with Crippen LogP contribution in [0.2, 0.25) is 5.02 Å². The van der Waals surface area contributed by atoms with Gasteiger partial charge < -0.3 is 5.73 Å². The Morgan fingerprint density at radius 3 is 2.67 bits per heavy atom. The zero-order chi connectivity index (χ0) is 13.1. The van der Waals surface area contributed by atoms with E-state index in [4.69, 9.17) is 17.3 Å². The van der Waals surface area contributed by atoms with Gasteiger partial charge in [-0.2, -0.15) is 0 Å². The quantitative estimate of drug-likeness (QED) is 0.664. The number of nitrogens with two attached hydrogens (primary N) is 1. The number of thioether (sulfide) groups is 1. The highest BCUT2D eigenvalue weighted by molar-refractivity contribution is 7.98.